The first-order valence-corrected chi connectivity index (χ1v) is 15.0. The van der Waals surface area contributed by atoms with Crippen LogP contribution in [0.3, 0.4) is 0 Å². The van der Waals surface area contributed by atoms with Crippen molar-refractivity contribution in [1.29, 1.82) is 0 Å². The van der Waals surface area contributed by atoms with Crippen molar-refractivity contribution in [3.63, 3.8) is 0 Å². The van der Waals surface area contributed by atoms with Gasteiger partial charge in [-0.1, -0.05) is 24.3 Å². The molecule has 7 rings (SSSR count). The highest BCUT2D eigenvalue weighted by Gasteiger charge is 2.40. The van der Waals surface area contributed by atoms with E-state index in [2.05, 4.69) is 10.2 Å². The molecule has 2 aliphatic heterocycles. The number of halogens is 6. The number of carbonyl (C=O) groups is 1. The molecule has 4 nitrogen and oxygen atoms in total. The minimum atomic E-state index is -5.03. The molecular formula is C35H33F6N3O. The van der Waals surface area contributed by atoms with Crippen LogP contribution < -0.4 is 10.2 Å². The van der Waals surface area contributed by atoms with E-state index in [-0.39, 0.29) is 6.07 Å². The first kappa shape index (κ1) is 30.9. The Morgan fingerprint density at radius 2 is 1.44 bits per heavy atom. The lowest BCUT2D eigenvalue weighted by molar-refractivity contribution is -0.143. The number of aromatic nitrogens is 1. The molecule has 0 spiro atoms. The summed E-state index contributed by atoms with van der Waals surface area (Å²) < 4.78 is 81.7. The molecule has 45 heavy (non-hydrogen) atoms. The minimum Gasteiger partial charge on any atom is -0.353 e. The van der Waals surface area contributed by atoms with Crippen molar-refractivity contribution in [1.82, 2.24) is 4.98 Å². The van der Waals surface area contributed by atoms with Crippen molar-refractivity contribution < 1.29 is 31.1 Å². The lowest BCUT2D eigenvalue weighted by Gasteiger charge is -2.46. The van der Waals surface area contributed by atoms with Crippen molar-refractivity contribution in [3.8, 4) is 11.1 Å². The highest BCUT2D eigenvalue weighted by Crippen LogP contribution is 2.42. The van der Waals surface area contributed by atoms with Gasteiger partial charge in [-0.05, 0) is 112 Å². The van der Waals surface area contributed by atoms with Crippen LogP contribution in [0.25, 0.3) is 22.0 Å². The zero-order valence-electron chi connectivity index (χ0n) is 25.1. The van der Waals surface area contributed by atoms with E-state index in [1.54, 1.807) is 12.1 Å². The maximum Gasteiger partial charge on any atom is 0.416 e. The van der Waals surface area contributed by atoms with E-state index < -0.39 is 40.4 Å². The van der Waals surface area contributed by atoms with Crippen LogP contribution in [-0.4, -0.2) is 23.5 Å². The fraction of sp³-hybridized carbons (Fsp3) is 0.371. The Labute approximate surface area is 257 Å². The number of pyridine rings is 1. The molecule has 3 aliphatic rings. The zero-order chi connectivity index (χ0) is 32.3. The second-order valence-corrected chi connectivity index (χ2v) is 12.7. The van der Waals surface area contributed by atoms with Gasteiger partial charge < -0.3 is 10.2 Å². The number of amides is 1. The van der Waals surface area contributed by atoms with Crippen molar-refractivity contribution in [2.24, 2.45) is 5.92 Å². The van der Waals surface area contributed by atoms with Crippen LogP contribution in [-0.2, 0) is 22.6 Å². The van der Waals surface area contributed by atoms with Gasteiger partial charge in [-0.15, -0.1) is 0 Å². The van der Waals surface area contributed by atoms with Gasteiger partial charge in [0.2, 0.25) is 5.91 Å². The molecule has 0 radical (unpaired) electrons. The van der Waals surface area contributed by atoms with Gasteiger partial charge in [-0.3, -0.25) is 4.79 Å². The molecule has 1 aliphatic carbocycles. The number of anilines is 2. The molecule has 10 heteroatoms. The third-order valence-corrected chi connectivity index (χ3v) is 9.40. The number of hydrogen-bond donors (Lipinski definition) is 1. The summed E-state index contributed by atoms with van der Waals surface area (Å²) >= 11 is 0. The Kier molecular flexibility index (Phi) is 7.61. The quantitative estimate of drug-likeness (QED) is 0.225. The predicted octanol–water partition coefficient (Wildman–Crippen LogP) is 9.54. The highest BCUT2D eigenvalue weighted by atomic mass is 19.4. The van der Waals surface area contributed by atoms with E-state index in [4.69, 9.17) is 4.98 Å². The maximum atomic E-state index is 13.8. The number of benzene rings is 3. The summed E-state index contributed by atoms with van der Waals surface area (Å²) in [4.78, 5) is 21.2. The Hall–Kier alpha value is -4.08. The summed E-state index contributed by atoms with van der Waals surface area (Å²) in [5, 5.41) is 3.61. The van der Waals surface area contributed by atoms with Crippen LogP contribution in [0.1, 0.15) is 61.8 Å². The minimum absolute atomic E-state index is 0.0629. The van der Waals surface area contributed by atoms with Crippen LogP contribution in [0.4, 0.5) is 37.8 Å². The Morgan fingerprint density at radius 1 is 0.822 bits per heavy atom. The van der Waals surface area contributed by atoms with Gasteiger partial charge in [0.05, 0.1) is 22.1 Å². The first-order valence-electron chi connectivity index (χ1n) is 15.0. The van der Waals surface area contributed by atoms with Gasteiger partial charge in [0.1, 0.15) is 5.82 Å². The van der Waals surface area contributed by atoms with Gasteiger partial charge >= 0.3 is 12.4 Å². The number of carbonyl (C=O) groups excluding carboxylic acids is 1. The molecule has 2 saturated heterocycles. The molecule has 1 N–H and O–H groups in total. The normalized spacial score (nSPS) is 18.8. The molecule has 3 heterocycles. The molecule has 0 atom stereocenters. The SMILES string of the molecule is Cc1ccccc1-c1c(NC(=O)C(C)(C)c2cc(C(F)(F)F)cc(C(F)(F)F)c2)ccc2nc(N3CC4CCC3CC4)ccc12. The van der Waals surface area contributed by atoms with E-state index in [1.807, 2.05) is 43.3 Å². The van der Waals surface area contributed by atoms with Crippen LogP contribution in [0.2, 0.25) is 0 Å². The van der Waals surface area contributed by atoms with Crippen LogP contribution in [0.5, 0.6) is 0 Å². The molecule has 3 aromatic carbocycles. The van der Waals surface area contributed by atoms with Crippen LogP contribution >= 0.6 is 0 Å². The summed E-state index contributed by atoms with van der Waals surface area (Å²) in [7, 11) is 0. The number of alkyl halides is 6. The van der Waals surface area contributed by atoms with Crippen molar-refractivity contribution in [3.05, 3.63) is 89.0 Å². The lowest BCUT2D eigenvalue weighted by Crippen LogP contribution is -2.48. The van der Waals surface area contributed by atoms with E-state index in [1.165, 1.54) is 26.7 Å². The molecule has 4 aromatic rings. The predicted molar refractivity (Wildman–Crippen MR) is 163 cm³/mol. The number of hydrogen-bond acceptors (Lipinski definition) is 3. The van der Waals surface area contributed by atoms with E-state index >= 15 is 0 Å². The summed E-state index contributed by atoms with van der Waals surface area (Å²) in [6, 6.07) is 16.8. The fourth-order valence-electron chi connectivity index (χ4n) is 6.67. The summed E-state index contributed by atoms with van der Waals surface area (Å²) in [6.45, 7) is 5.53. The monoisotopic (exact) mass is 625 g/mol. The third kappa shape index (κ3) is 5.87. The van der Waals surface area contributed by atoms with Gasteiger partial charge in [-0.25, -0.2) is 4.98 Å². The maximum absolute atomic E-state index is 13.8. The summed E-state index contributed by atoms with van der Waals surface area (Å²) in [6.07, 6.45) is -5.28. The number of aryl methyl sites for hydroxylation is 1. The van der Waals surface area contributed by atoms with Crippen LogP contribution in [0.15, 0.2) is 66.7 Å². The Balaban J connectivity index is 1.42. The van der Waals surface area contributed by atoms with E-state index in [0.717, 1.165) is 47.2 Å². The molecule has 1 aromatic heterocycles. The molecular weight excluding hydrogens is 592 g/mol. The molecule has 1 amide bonds. The van der Waals surface area contributed by atoms with Crippen molar-refractivity contribution in [2.45, 2.75) is 70.3 Å². The number of nitrogens with one attached hydrogen (secondary N) is 1. The largest absolute Gasteiger partial charge is 0.416 e. The van der Waals surface area contributed by atoms with Gasteiger partial charge in [-0.2, -0.15) is 26.3 Å². The fourth-order valence-corrected chi connectivity index (χ4v) is 6.67. The highest BCUT2D eigenvalue weighted by molar-refractivity contribution is 6.08. The van der Waals surface area contributed by atoms with Gasteiger partial charge in [0, 0.05) is 29.2 Å². The second kappa shape index (κ2) is 11.1. The lowest BCUT2D eigenvalue weighted by atomic mass is 9.80. The van der Waals surface area contributed by atoms with Gasteiger partial charge in [0.15, 0.2) is 0 Å². The average molecular weight is 626 g/mol. The first-order chi connectivity index (χ1) is 21.1. The van der Waals surface area contributed by atoms with E-state index in [0.29, 0.717) is 35.3 Å². The van der Waals surface area contributed by atoms with Crippen molar-refractivity contribution >= 4 is 28.3 Å². The molecule has 1 saturated carbocycles. The van der Waals surface area contributed by atoms with Crippen molar-refractivity contribution in [2.75, 3.05) is 16.8 Å². The van der Waals surface area contributed by atoms with Crippen LogP contribution in [0, 0.1) is 12.8 Å². The number of rotatable bonds is 5. The Bertz CT molecular complexity index is 1740. The topological polar surface area (TPSA) is 45.2 Å². The van der Waals surface area contributed by atoms with Gasteiger partial charge in [0.25, 0.3) is 0 Å². The standard InChI is InChI=1S/C35H33F6N3O/c1-20-6-4-5-7-26(20)31-27-12-15-30(44-19-21-8-10-25(44)11-9-21)42-28(27)13-14-29(31)43-32(45)33(2,3)22-16-23(34(36,37)38)18-24(17-22)35(39,40)41/h4-7,12-18,21,25H,8-11,19H2,1-3H3,(H,43,45). The number of nitrogens with zero attached hydrogens (tertiary/aromatic N) is 2. The average Bonchev–Trinajstić information content (AvgIpc) is 3.00. The smallest absolute Gasteiger partial charge is 0.353 e. The molecule has 0 unspecified atom stereocenters. The number of fused-ring (bicyclic) bond motifs is 4. The summed E-state index contributed by atoms with van der Waals surface area (Å²) in [5.41, 5.74) is -1.58. The second-order valence-electron chi connectivity index (χ2n) is 12.7. The molecule has 236 valence electrons. The van der Waals surface area contributed by atoms with E-state index in [9.17, 15) is 31.1 Å². The Morgan fingerprint density at radius 3 is 2.02 bits per heavy atom. The molecule has 3 fully saturated rings. The molecule has 2 bridgehead atoms. The number of piperidine rings is 2. The summed E-state index contributed by atoms with van der Waals surface area (Å²) in [5.74, 6) is 0.814. The third-order valence-electron chi connectivity index (χ3n) is 9.40. The zero-order valence-corrected chi connectivity index (χ0v) is 25.1.